The van der Waals surface area contributed by atoms with Crippen LogP contribution in [0.4, 0.5) is 34.9 Å². The minimum absolute atomic E-state index is 0.0312. The predicted octanol–water partition coefficient (Wildman–Crippen LogP) is 5.88. The van der Waals surface area contributed by atoms with Gasteiger partial charge < -0.3 is 19.7 Å². The van der Waals surface area contributed by atoms with Crippen LogP contribution < -0.4 is 15.0 Å². The number of halogens is 4. The van der Waals surface area contributed by atoms with Gasteiger partial charge in [0.05, 0.1) is 16.7 Å². The van der Waals surface area contributed by atoms with Crippen molar-refractivity contribution < 1.29 is 31.8 Å². The number of rotatable bonds is 6. The van der Waals surface area contributed by atoms with Gasteiger partial charge in [0.2, 0.25) is 5.91 Å². The lowest BCUT2D eigenvalue weighted by Gasteiger charge is -2.27. The molecule has 2 N–H and O–H groups in total. The molecule has 2 aliphatic heterocycles. The van der Waals surface area contributed by atoms with Crippen LogP contribution in [0.5, 0.6) is 11.5 Å². The lowest BCUT2D eigenvalue weighted by molar-refractivity contribution is -0.169. The van der Waals surface area contributed by atoms with E-state index in [1.807, 2.05) is 0 Å². The van der Waals surface area contributed by atoms with Gasteiger partial charge in [-0.15, -0.1) is 0 Å². The maximum Gasteiger partial charge on any atom is 0.408 e. The fourth-order valence-corrected chi connectivity index (χ4v) is 5.12. The van der Waals surface area contributed by atoms with E-state index in [-0.39, 0.29) is 48.4 Å². The molecule has 2 aromatic carbocycles. The van der Waals surface area contributed by atoms with E-state index >= 15 is 0 Å². The molecule has 5 rings (SSSR count). The third-order valence-corrected chi connectivity index (χ3v) is 7.14. The number of likely N-dealkylation sites (tertiary alicyclic amines) is 1. The molecule has 0 spiro atoms. The quantitative estimate of drug-likeness (QED) is 0.216. The Morgan fingerprint density at radius 2 is 1.80 bits per heavy atom. The summed E-state index contributed by atoms with van der Waals surface area (Å²) in [6.45, 7) is 3.08. The number of hydrogen-bond donors (Lipinski definition) is 2. The molecule has 1 unspecified atom stereocenters. The largest absolute Gasteiger partial charge is 0.457 e. The molecular formula is C28H28F4N6O3. The topological polar surface area (TPSA) is 104 Å². The molecule has 0 bridgehead atoms. The van der Waals surface area contributed by atoms with Crippen molar-refractivity contribution in [3.63, 3.8) is 0 Å². The Balaban J connectivity index is 1.50. The summed E-state index contributed by atoms with van der Waals surface area (Å²) in [7, 11) is 1.62. The second-order valence-corrected chi connectivity index (χ2v) is 10.2. The molecule has 1 atom stereocenters. The number of anilines is 3. The Labute approximate surface area is 233 Å². The van der Waals surface area contributed by atoms with Gasteiger partial charge in [-0.1, -0.05) is 24.3 Å². The normalized spacial score (nSPS) is 17.9. The number of nitrogens with zero attached hydrogens (tertiary/aromatic N) is 4. The summed E-state index contributed by atoms with van der Waals surface area (Å²) in [5, 5.41) is 11.1. The molecule has 1 fully saturated rings. The van der Waals surface area contributed by atoms with E-state index in [9.17, 15) is 22.4 Å². The number of amidine groups is 1. The number of aromatic nitrogens is 2. The van der Waals surface area contributed by atoms with Crippen molar-refractivity contribution in [2.75, 3.05) is 23.8 Å². The van der Waals surface area contributed by atoms with Crippen LogP contribution in [-0.2, 0) is 21.6 Å². The lowest BCUT2D eigenvalue weighted by Crippen LogP contribution is -2.45. The van der Waals surface area contributed by atoms with E-state index in [2.05, 4.69) is 15.3 Å². The van der Waals surface area contributed by atoms with Crippen molar-refractivity contribution in [1.82, 2.24) is 14.9 Å². The van der Waals surface area contributed by atoms with Crippen molar-refractivity contribution in [1.29, 1.82) is 5.41 Å². The van der Waals surface area contributed by atoms with Gasteiger partial charge in [-0.05, 0) is 51.0 Å². The number of fused-ring (bicyclic) bond motifs is 1. The number of para-hydroxylation sites is 3. The lowest BCUT2D eigenvalue weighted by atomic mass is 9.87. The molecule has 3 heterocycles. The maximum atomic E-state index is 14.4. The molecule has 2 aliphatic rings. The molecule has 9 nitrogen and oxygen atoms in total. The standard InChI is InChI=1S/C28H28F4N6O3/c1-27(2)22-23(34-3)35-21(15-40-26(33)37-14-8-13-20(37)28(30,31)32)36-24(22)38(25(27)39)17-10-5-7-12-19(17)41-18-11-6-4-9-16(18)29/h4-7,9-12,20,33H,8,13-15H2,1-3H3,(H,34,35,36). The second kappa shape index (κ2) is 10.5. The van der Waals surface area contributed by atoms with E-state index in [1.165, 1.54) is 23.1 Å². The van der Waals surface area contributed by atoms with Crippen molar-refractivity contribution in [3.8, 4) is 11.5 Å². The summed E-state index contributed by atoms with van der Waals surface area (Å²) in [5.74, 6) is -0.181. The van der Waals surface area contributed by atoms with Gasteiger partial charge in [-0.25, -0.2) is 14.4 Å². The summed E-state index contributed by atoms with van der Waals surface area (Å²) in [5.41, 5.74) is -0.292. The van der Waals surface area contributed by atoms with Crippen LogP contribution in [-0.4, -0.2) is 52.6 Å². The number of benzene rings is 2. The SMILES string of the molecule is CNc1nc(COC(=N)N2CCCC2C(F)(F)F)nc2c1C(C)(C)C(=O)N2c1ccccc1Oc1ccccc1F. The van der Waals surface area contributed by atoms with E-state index < -0.39 is 36.1 Å². The molecule has 41 heavy (non-hydrogen) atoms. The fraction of sp³-hybridized carbons (Fsp3) is 0.357. The molecule has 0 radical (unpaired) electrons. The fourth-order valence-electron chi connectivity index (χ4n) is 5.12. The minimum atomic E-state index is -4.49. The first kappa shape index (κ1) is 28.1. The summed E-state index contributed by atoms with van der Waals surface area (Å²) < 4.78 is 65.9. The number of nitrogens with one attached hydrogen (secondary N) is 2. The van der Waals surface area contributed by atoms with Crippen LogP contribution in [0.1, 0.15) is 38.1 Å². The van der Waals surface area contributed by atoms with Crippen molar-refractivity contribution in [3.05, 3.63) is 65.7 Å². The van der Waals surface area contributed by atoms with Crippen LogP contribution in [0.15, 0.2) is 48.5 Å². The molecule has 13 heteroatoms. The average molecular weight is 573 g/mol. The molecule has 216 valence electrons. The van der Waals surface area contributed by atoms with Crippen LogP contribution >= 0.6 is 0 Å². The van der Waals surface area contributed by atoms with Crippen LogP contribution in [0.3, 0.4) is 0 Å². The first-order valence-electron chi connectivity index (χ1n) is 12.9. The Kier molecular flexibility index (Phi) is 7.22. The van der Waals surface area contributed by atoms with E-state index in [1.54, 1.807) is 51.2 Å². The third kappa shape index (κ3) is 5.11. The highest BCUT2D eigenvalue weighted by Crippen LogP contribution is 2.49. The van der Waals surface area contributed by atoms with Crippen molar-refractivity contribution in [2.24, 2.45) is 0 Å². The Bertz CT molecular complexity index is 1500. The van der Waals surface area contributed by atoms with E-state index in [0.717, 1.165) is 4.90 Å². The predicted molar refractivity (Wildman–Crippen MR) is 143 cm³/mol. The summed E-state index contributed by atoms with van der Waals surface area (Å²) in [6, 6.07) is 10.1. The highest BCUT2D eigenvalue weighted by Gasteiger charge is 2.50. The van der Waals surface area contributed by atoms with E-state index in [4.69, 9.17) is 14.9 Å². The van der Waals surface area contributed by atoms with Crippen molar-refractivity contribution >= 4 is 29.3 Å². The van der Waals surface area contributed by atoms with Crippen LogP contribution in [0.25, 0.3) is 0 Å². The van der Waals surface area contributed by atoms with Gasteiger partial charge in [-0.2, -0.15) is 13.2 Å². The second-order valence-electron chi connectivity index (χ2n) is 10.2. The van der Waals surface area contributed by atoms with Crippen LogP contribution in [0.2, 0.25) is 0 Å². The molecule has 0 saturated carbocycles. The number of alkyl halides is 3. The Hall–Kier alpha value is -4.42. The van der Waals surface area contributed by atoms with Gasteiger partial charge in [0.1, 0.15) is 17.7 Å². The maximum absolute atomic E-state index is 14.4. The minimum Gasteiger partial charge on any atom is -0.457 e. The molecule has 1 amide bonds. The summed E-state index contributed by atoms with van der Waals surface area (Å²) >= 11 is 0. The zero-order chi connectivity index (χ0) is 29.5. The zero-order valence-corrected chi connectivity index (χ0v) is 22.6. The van der Waals surface area contributed by atoms with Gasteiger partial charge in [0.15, 0.2) is 29.7 Å². The van der Waals surface area contributed by atoms with Gasteiger partial charge in [0.25, 0.3) is 6.02 Å². The zero-order valence-electron chi connectivity index (χ0n) is 22.6. The average Bonchev–Trinajstić information content (AvgIpc) is 3.51. The molecule has 3 aromatic rings. The molecule has 1 aromatic heterocycles. The van der Waals surface area contributed by atoms with Gasteiger partial charge in [-0.3, -0.25) is 15.1 Å². The van der Waals surface area contributed by atoms with Gasteiger partial charge in [0, 0.05) is 13.6 Å². The van der Waals surface area contributed by atoms with Gasteiger partial charge >= 0.3 is 6.18 Å². The number of ether oxygens (including phenoxy) is 2. The number of carbonyl (C=O) groups is 1. The molecule has 1 saturated heterocycles. The number of hydrogen-bond acceptors (Lipinski definition) is 7. The first-order valence-corrected chi connectivity index (χ1v) is 12.9. The number of carbonyl (C=O) groups excluding carboxylic acids is 1. The monoisotopic (exact) mass is 572 g/mol. The van der Waals surface area contributed by atoms with E-state index in [0.29, 0.717) is 17.1 Å². The highest BCUT2D eigenvalue weighted by molar-refractivity contribution is 6.13. The summed E-state index contributed by atoms with van der Waals surface area (Å²) in [4.78, 5) is 25.1. The highest BCUT2D eigenvalue weighted by atomic mass is 19.4. The Morgan fingerprint density at radius 3 is 2.49 bits per heavy atom. The Morgan fingerprint density at radius 1 is 1.12 bits per heavy atom. The third-order valence-electron chi connectivity index (χ3n) is 7.14. The molecule has 0 aliphatic carbocycles. The molecular weight excluding hydrogens is 544 g/mol. The van der Waals surface area contributed by atoms with Crippen LogP contribution in [0, 0.1) is 11.2 Å². The first-order chi connectivity index (χ1) is 19.4. The summed E-state index contributed by atoms with van der Waals surface area (Å²) in [6.07, 6.45) is -4.31. The smallest absolute Gasteiger partial charge is 0.408 e. The number of amides is 1. The van der Waals surface area contributed by atoms with Crippen molar-refractivity contribution in [2.45, 2.75) is 50.9 Å².